The van der Waals surface area contributed by atoms with Gasteiger partial charge in [-0.15, -0.1) is 48.6 Å². The molecule has 1 aromatic heterocycles. The number of benzene rings is 2. The van der Waals surface area contributed by atoms with Crippen molar-refractivity contribution in [3.05, 3.63) is 86.6 Å². The monoisotopic (exact) mass is 749 g/mol. The molecule has 0 radical (unpaired) electrons. The maximum absolute atomic E-state index is 14.3. The van der Waals surface area contributed by atoms with Crippen molar-refractivity contribution >= 4 is 54.5 Å². The maximum Gasteiger partial charge on any atom is 0.320 e. The zero-order chi connectivity index (χ0) is 32.3. The molecule has 48 heavy (non-hydrogen) atoms. The summed E-state index contributed by atoms with van der Waals surface area (Å²) in [5, 5.41) is 0.868. The molecular formula is C36H49Cl3F3N3O2S. The quantitative estimate of drug-likeness (QED) is 0.194. The van der Waals surface area contributed by atoms with Crippen LogP contribution in [0.25, 0.3) is 0 Å². The van der Waals surface area contributed by atoms with E-state index in [0.29, 0.717) is 24.3 Å². The predicted molar refractivity (Wildman–Crippen MR) is 195 cm³/mol. The highest BCUT2D eigenvalue weighted by Gasteiger charge is 2.39. The van der Waals surface area contributed by atoms with Crippen molar-refractivity contribution in [1.82, 2.24) is 14.8 Å². The van der Waals surface area contributed by atoms with Gasteiger partial charge in [-0.2, -0.15) is 0 Å². The highest BCUT2D eigenvalue weighted by Crippen LogP contribution is 2.43. The van der Waals surface area contributed by atoms with E-state index in [4.69, 9.17) is 9.72 Å². The number of ether oxygens (including phenoxy) is 1. The normalized spacial score (nSPS) is 20.1. The van der Waals surface area contributed by atoms with Crippen LogP contribution in [-0.2, 0) is 22.4 Å². The summed E-state index contributed by atoms with van der Waals surface area (Å²) in [6.07, 6.45) is 4.49. The van der Waals surface area contributed by atoms with Gasteiger partial charge in [0.2, 0.25) is 0 Å². The van der Waals surface area contributed by atoms with Gasteiger partial charge in [0.05, 0.1) is 17.2 Å². The van der Waals surface area contributed by atoms with Crippen molar-refractivity contribution in [3.63, 3.8) is 0 Å². The summed E-state index contributed by atoms with van der Waals surface area (Å²) in [5.41, 5.74) is 2.39. The van der Waals surface area contributed by atoms with E-state index in [1.54, 1.807) is 23.5 Å². The number of likely N-dealkylation sites (tertiary alicyclic amines) is 1. The summed E-state index contributed by atoms with van der Waals surface area (Å²) >= 11 is 1.67. The molecule has 2 aromatic carbocycles. The van der Waals surface area contributed by atoms with Crippen LogP contribution in [0.5, 0.6) is 0 Å². The van der Waals surface area contributed by atoms with Crippen LogP contribution in [0.15, 0.2) is 42.5 Å². The van der Waals surface area contributed by atoms with Crippen LogP contribution in [0, 0.1) is 23.4 Å². The van der Waals surface area contributed by atoms with Crippen molar-refractivity contribution in [3.8, 4) is 0 Å². The van der Waals surface area contributed by atoms with E-state index < -0.39 is 11.6 Å². The fourth-order valence-electron chi connectivity index (χ4n) is 6.77. The van der Waals surface area contributed by atoms with Gasteiger partial charge in [-0.05, 0) is 120 Å². The molecule has 0 bridgehead atoms. The summed E-state index contributed by atoms with van der Waals surface area (Å²) in [5.74, 6) is -0.774. The molecule has 1 saturated carbocycles. The minimum atomic E-state index is -0.572. The molecule has 3 aromatic rings. The second-order valence-corrected chi connectivity index (χ2v) is 14.9. The maximum atomic E-state index is 14.3. The van der Waals surface area contributed by atoms with Crippen molar-refractivity contribution in [1.29, 1.82) is 0 Å². The zero-order valence-electron chi connectivity index (χ0n) is 28.3. The van der Waals surface area contributed by atoms with E-state index in [1.807, 2.05) is 18.0 Å². The number of aryl methyl sites for hydroxylation is 1. The lowest BCUT2D eigenvalue weighted by molar-refractivity contribution is -0.151. The molecule has 2 aliphatic rings. The standard InChI is InChI=1S/C36H46F3N3O2S.3ClH/c1-6-32-35(45-33(40-32)18-25-10-11-28(38)19-31(25)39)23-12-14-42(15-13-23)21-26-17-29(44-34(43)22-41(5)36(2,3)4)20-30(26)24-8-7-9-27(37)16-24;;;/h7-11,16,19,23,26,29-30H,6,12-15,17-18,20-22H2,1-5H3;3*1H/t26-,29+,30-;;;/m1.../s1. The number of aromatic nitrogens is 1. The van der Waals surface area contributed by atoms with Gasteiger partial charge in [-0.25, -0.2) is 18.2 Å². The Morgan fingerprint density at radius 3 is 2.33 bits per heavy atom. The van der Waals surface area contributed by atoms with Crippen LogP contribution in [-0.4, -0.2) is 65.6 Å². The summed E-state index contributed by atoms with van der Waals surface area (Å²) in [6.45, 7) is 11.3. The summed E-state index contributed by atoms with van der Waals surface area (Å²) in [7, 11) is 1.93. The number of halogens is 6. The third kappa shape index (κ3) is 10.8. The first-order valence-electron chi connectivity index (χ1n) is 16.2. The molecule has 0 N–H and O–H groups in total. The predicted octanol–water partition coefficient (Wildman–Crippen LogP) is 8.99. The van der Waals surface area contributed by atoms with E-state index in [9.17, 15) is 18.0 Å². The molecule has 5 nitrogen and oxygen atoms in total. The number of nitrogens with zero attached hydrogens (tertiary/aromatic N) is 3. The number of likely N-dealkylation sites (N-methyl/N-ethyl adjacent to an activating group) is 1. The van der Waals surface area contributed by atoms with Gasteiger partial charge in [0.25, 0.3) is 0 Å². The third-order valence-corrected chi connectivity index (χ3v) is 10.9. The Balaban J connectivity index is 0.00000267. The van der Waals surface area contributed by atoms with E-state index in [2.05, 4.69) is 32.6 Å². The van der Waals surface area contributed by atoms with Gasteiger partial charge in [0, 0.05) is 29.4 Å². The molecule has 5 rings (SSSR count). The molecule has 2 heterocycles. The molecule has 12 heteroatoms. The number of hydrogen-bond donors (Lipinski definition) is 0. The molecule has 1 aliphatic heterocycles. The molecule has 1 aliphatic carbocycles. The number of carbonyl (C=O) groups is 1. The van der Waals surface area contributed by atoms with Gasteiger partial charge in [-0.3, -0.25) is 9.69 Å². The molecule has 0 amide bonds. The van der Waals surface area contributed by atoms with Crippen molar-refractivity contribution in [2.24, 2.45) is 5.92 Å². The zero-order valence-corrected chi connectivity index (χ0v) is 31.6. The average molecular weight is 751 g/mol. The lowest BCUT2D eigenvalue weighted by Gasteiger charge is -2.34. The second kappa shape index (κ2) is 18.4. The first-order valence-corrected chi connectivity index (χ1v) is 17.0. The van der Waals surface area contributed by atoms with Crippen LogP contribution in [0.4, 0.5) is 13.2 Å². The fourth-order valence-corrected chi connectivity index (χ4v) is 8.12. The molecule has 268 valence electrons. The first-order chi connectivity index (χ1) is 21.4. The minimum Gasteiger partial charge on any atom is -0.461 e. The van der Waals surface area contributed by atoms with Crippen molar-refractivity contribution in [2.75, 3.05) is 33.2 Å². The second-order valence-electron chi connectivity index (χ2n) is 13.8. The van der Waals surface area contributed by atoms with Gasteiger partial charge >= 0.3 is 5.97 Å². The van der Waals surface area contributed by atoms with Crippen molar-refractivity contribution < 1.29 is 22.7 Å². The highest BCUT2D eigenvalue weighted by atomic mass is 35.5. The van der Waals surface area contributed by atoms with Crippen LogP contribution in [0.2, 0.25) is 0 Å². The van der Waals surface area contributed by atoms with Gasteiger partial charge in [0.1, 0.15) is 23.6 Å². The van der Waals surface area contributed by atoms with Gasteiger partial charge in [0.15, 0.2) is 0 Å². The van der Waals surface area contributed by atoms with Crippen LogP contribution >= 0.6 is 48.6 Å². The SMILES string of the molecule is CCc1nc(Cc2ccc(F)cc2F)sc1C1CCN(C[C@H]2C[C@H](OC(=O)CN(C)C(C)(C)C)C[C@@H]2c2cccc(F)c2)CC1.Cl.Cl.Cl. The molecule has 0 unspecified atom stereocenters. The Labute approximate surface area is 306 Å². The first kappa shape index (κ1) is 42.3. The Morgan fingerprint density at radius 1 is 1.02 bits per heavy atom. The summed E-state index contributed by atoms with van der Waals surface area (Å²) in [6, 6.07) is 10.6. The van der Waals surface area contributed by atoms with E-state index in [1.165, 1.54) is 23.1 Å². The number of piperidine rings is 1. The van der Waals surface area contributed by atoms with Gasteiger partial charge in [-0.1, -0.05) is 25.1 Å². The number of thiazole rings is 1. The Bertz CT molecular complexity index is 1480. The number of hydrogen-bond acceptors (Lipinski definition) is 6. The molecule has 3 atom stereocenters. The number of rotatable bonds is 10. The Morgan fingerprint density at radius 2 is 1.71 bits per heavy atom. The van der Waals surface area contributed by atoms with E-state index in [-0.39, 0.29) is 79.0 Å². The Kier molecular flexibility index (Phi) is 16.2. The van der Waals surface area contributed by atoms with Crippen LogP contribution in [0.1, 0.15) is 91.9 Å². The lowest BCUT2D eigenvalue weighted by atomic mass is 9.87. The molecule has 0 spiro atoms. The lowest BCUT2D eigenvalue weighted by Crippen LogP contribution is -2.42. The highest BCUT2D eigenvalue weighted by molar-refractivity contribution is 7.11. The third-order valence-electron chi connectivity index (χ3n) is 9.65. The number of esters is 1. The fraction of sp³-hybridized carbons (Fsp3) is 0.556. The Hall–Kier alpha value is -1.88. The summed E-state index contributed by atoms with van der Waals surface area (Å²) < 4.78 is 48.0. The molecule has 2 fully saturated rings. The van der Waals surface area contributed by atoms with Crippen molar-refractivity contribution in [2.45, 2.75) is 89.7 Å². The number of carbonyl (C=O) groups excluding carboxylic acids is 1. The average Bonchev–Trinajstić information content (AvgIpc) is 3.58. The van der Waals surface area contributed by atoms with Crippen LogP contribution < -0.4 is 0 Å². The minimum absolute atomic E-state index is 0. The van der Waals surface area contributed by atoms with Crippen LogP contribution in [0.3, 0.4) is 0 Å². The van der Waals surface area contributed by atoms with E-state index >= 15 is 0 Å². The van der Waals surface area contributed by atoms with Gasteiger partial charge < -0.3 is 9.64 Å². The van der Waals surface area contributed by atoms with E-state index in [0.717, 1.165) is 67.6 Å². The molecule has 1 saturated heterocycles. The largest absolute Gasteiger partial charge is 0.461 e. The smallest absolute Gasteiger partial charge is 0.320 e. The topological polar surface area (TPSA) is 45.7 Å². The molecular weight excluding hydrogens is 702 g/mol. The summed E-state index contributed by atoms with van der Waals surface area (Å²) in [4.78, 5) is 23.5.